The van der Waals surface area contributed by atoms with E-state index >= 15 is 0 Å². The number of H-pyrrole nitrogens is 1. The van der Waals surface area contributed by atoms with Gasteiger partial charge in [-0.15, -0.1) is 0 Å². The number of fused-ring (bicyclic) bond motifs is 1. The van der Waals surface area contributed by atoms with Crippen molar-refractivity contribution in [2.24, 2.45) is 5.73 Å². The maximum atomic E-state index is 14.2. The molecule has 1 fully saturated rings. The van der Waals surface area contributed by atoms with Gasteiger partial charge in [-0.3, -0.25) is 4.98 Å². The maximum Gasteiger partial charge on any atom is 0.315 e. The first-order valence-corrected chi connectivity index (χ1v) is 12.1. The van der Waals surface area contributed by atoms with E-state index in [1.807, 2.05) is 42.5 Å². The van der Waals surface area contributed by atoms with Crippen LogP contribution < -0.4 is 10.5 Å². The van der Waals surface area contributed by atoms with Crippen LogP contribution in [0.3, 0.4) is 0 Å². The topological polar surface area (TPSA) is 97.1 Å². The number of likely N-dealkylation sites (tertiary alicyclic amines) is 1. The Hall–Kier alpha value is -4.72. The van der Waals surface area contributed by atoms with Gasteiger partial charge in [-0.05, 0) is 54.8 Å². The number of imidazole rings is 1. The second-order valence-electron chi connectivity index (χ2n) is 9.00. The van der Waals surface area contributed by atoms with Crippen LogP contribution in [0.4, 0.5) is 9.18 Å². The smallest absolute Gasteiger partial charge is 0.315 e. The number of rotatable bonds is 5. The normalized spacial score (nSPS) is 15.3. The monoisotopic (exact) mass is 493 g/mol. The zero-order valence-electron chi connectivity index (χ0n) is 19.9. The lowest BCUT2D eigenvalue weighted by Crippen LogP contribution is -2.35. The van der Waals surface area contributed by atoms with Gasteiger partial charge < -0.3 is 20.4 Å². The SMILES string of the molecule is NC(=O)N1CCCC1c1cc2[nH]c(-c3ccccn3)nc2cc1Oc1ccc(-c2ccccc2F)cc1. The molecular weight excluding hydrogens is 469 g/mol. The molecule has 8 heteroatoms. The Morgan fingerprint density at radius 2 is 1.86 bits per heavy atom. The number of pyridine rings is 1. The summed E-state index contributed by atoms with van der Waals surface area (Å²) in [5.41, 5.74) is 10.1. The molecule has 3 aromatic carbocycles. The summed E-state index contributed by atoms with van der Waals surface area (Å²) < 4.78 is 20.6. The van der Waals surface area contributed by atoms with Crippen molar-refractivity contribution >= 4 is 17.1 Å². The fourth-order valence-electron chi connectivity index (χ4n) is 4.91. The Labute approximate surface area is 212 Å². The van der Waals surface area contributed by atoms with E-state index in [1.54, 1.807) is 41.4 Å². The third-order valence-corrected chi connectivity index (χ3v) is 6.68. The van der Waals surface area contributed by atoms with Gasteiger partial charge in [0.25, 0.3) is 0 Å². The van der Waals surface area contributed by atoms with E-state index in [1.165, 1.54) is 6.07 Å². The van der Waals surface area contributed by atoms with Crippen molar-refractivity contribution in [2.75, 3.05) is 6.54 Å². The number of carbonyl (C=O) groups is 1. The Bertz CT molecular complexity index is 1580. The number of halogens is 1. The van der Waals surface area contributed by atoms with Crippen molar-refractivity contribution in [1.82, 2.24) is 19.9 Å². The molecule has 0 saturated carbocycles. The van der Waals surface area contributed by atoms with Gasteiger partial charge in [-0.2, -0.15) is 0 Å². The summed E-state index contributed by atoms with van der Waals surface area (Å²) in [6.07, 6.45) is 3.35. The predicted molar refractivity (Wildman–Crippen MR) is 139 cm³/mol. The summed E-state index contributed by atoms with van der Waals surface area (Å²) >= 11 is 0. The van der Waals surface area contributed by atoms with Crippen LogP contribution >= 0.6 is 0 Å². The van der Waals surface area contributed by atoms with Crippen LogP contribution in [0.1, 0.15) is 24.4 Å². The molecule has 1 aliphatic rings. The van der Waals surface area contributed by atoms with Crippen molar-refractivity contribution in [3.8, 4) is 34.1 Å². The number of nitrogens with one attached hydrogen (secondary N) is 1. The summed E-state index contributed by atoms with van der Waals surface area (Å²) in [5.74, 6) is 1.54. The van der Waals surface area contributed by atoms with Crippen LogP contribution in [0.2, 0.25) is 0 Å². The number of primary amides is 1. The first-order valence-electron chi connectivity index (χ1n) is 12.1. The fourth-order valence-corrected chi connectivity index (χ4v) is 4.91. The van der Waals surface area contributed by atoms with E-state index < -0.39 is 6.03 Å². The van der Waals surface area contributed by atoms with Crippen LogP contribution in [-0.4, -0.2) is 32.4 Å². The number of nitrogens with zero attached hydrogens (tertiary/aromatic N) is 3. The van der Waals surface area contributed by atoms with Crippen molar-refractivity contribution in [3.05, 3.63) is 96.4 Å². The number of hydrogen-bond acceptors (Lipinski definition) is 4. The van der Waals surface area contributed by atoms with Gasteiger partial charge >= 0.3 is 6.03 Å². The molecule has 184 valence electrons. The van der Waals surface area contributed by atoms with Gasteiger partial charge in [-0.25, -0.2) is 14.2 Å². The first-order chi connectivity index (χ1) is 18.1. The lowest BCUT2D eigenvalue weighted by Gasteiger charge is -2.25. The van der Waals surface area contributed by atoms with Crippen LogP contribution in [-0.2, 0) is 0 Å². The van der Waals surface area contributed by atoms with Gasteiger partial charge in [0.1, 0.15) is 23.0 Å². The van der Waals surface area contributed by atoms with Gasteiger partial charge in [0.2, 0.25) is 0 Å². The zero-order chi connectivity index (χ0) is 25.4. The first kappa shape index (κ1) is 22.7. The number of aromatic amines is 1. The molecule has 3 N–H and O–H groups in total. The minimum absolute atomic E-state index is 0.212. The average molecular weight is 494 g/mol. The number of urea groups is 1. The molecule has 2 amide bonds. The van der Waals surface area contributed by atoms with E-state index in [4.69, 9.17) is 15.5 Å². The van der Waals surface area contributed by atoms with Crippen LogP contribution in [0.15, 0.2) is 85.1 Å². The maximum absolute atomic E-state index is 14.2. The Morgan fingerprint density at radius 1 is 1.05 bits per heavy atom. The number of ether oxygens (including phenoxy) is 1. The highest BCUT2D eigenvalue weighted by Gasteiger charge is 2.31. The molecule has 1 aliphatic heterocycles. The molecule has 1 atom stereocenters. The quantitative estimate of drug-likeness (QED) is 0.294. The molecule has 0 aliphatic carbocycles. The largest absolute Gasteiger partial charge is 0.457 e. The summed E-state index contributed by atoms with van der Waals surface area (Å²) in [6.45, 7) is 0.594. The number of benzene rings is 3. The highest BCUT2D eigenvalue weighted by Crippen LogP contribution is 2.41. The van der Waals surface area contributed by atoms with Gasteiger partial charge in [0.15, 0.2) is 5.82 Å². The van der Waals surface area contributed by atoms with Gasteiger partial charge in [0, 0.05) is 29.9 Å². The molecular formula is C29H24FN5O2. The molecule has 1 unspecified atom stereocenters. The standard InChI is InChI=1S/C29H24FN5O2/c30-22-7-2-1-6-20(22)18-10-12-19(13-11-18)37-27-17-25-24(33-28(34-25)23-8-3-4-14-32-23)16-21(27)26-9-5-15-35(26)29(31)36/h1-4,6-8,10-14,16-17,26H,5,9,15H2,(H2,31,36)(H,33,34). The third-order valence-electron chi connectivity index (χ3n) is 6.68. The molecule has 0 spiro atoms. The summed E-state index contributed by atoms with van der Waals surface area (Å²) in [5, 5.41) is 0. The molecule has 0 bridgehead atoms. The number of carbonyl (C=O) groups excluding carboxylic acids is 1. The molecule has 37 heavy (non-hydrogen) atoms. The van der Waals surface area contributed by atoms with Crippen molar-refractivity contribution in [2.45, 2.75) is 18.9 Å². The Morgan fingerprint density at radius 3 is 2.62 bits per heavy atom. The van der Waals surface area contributed by atoms with Crippen LogP contribution in [0.5, 0.6) is 11.5 Å². The molecule has 7 nitrogen and oxygen atoms in total. The highest BCUT2D eigenvalue weighted by molar-refractivity contribution is 5.82. The molecule has 6 rings (SSSR count). The van der Waals surface area contributed by atoms with Crippen LogP contribution in [0, 0.1) is 5.82 Å². The number of nitrogens with two attached hydrogens (primary N) is 1. The molecule has 2 aromatic heterocycles. The van der Waals surface area contributed by atoms with Crippen molar-refractivity contribution < 1.29 is 13.9 Å². The number of aromatic nitrogens is 3. The lowest BCUT2D eigenvalue weighted by atomic mass is 10.0. The van der Waals surface area contributed by atoms with Gasteiger partial charge in [-0.1, -0.05) is 36.4 Å². The van der Waals surface area contributed by atoms with Crippen LogP contribution in [0.25, 0.3) is 33.7 Å². The third kappa shape index (κ3) is 4.38. The highest BCUT2D eigenvalue weighted by atomic mass is 19.1. The zero-order valence-corrected chi connectivity index (χ0v) is 19.9. The van der Waals surface area contributed by atoms with E-state index in [0.29, 0.717) is 34.9 Å². The summed E-state index contributed by atoms with van der Waals surface area (Å²) in [7, 11) is 0. The summed E-state index contributed by atoms with van der Waals surface area (Å²) in [6, 6.07) is 22.7. The van der Waals surface area contributed by atoms with Gasteiger partial charge in [0.05, 0.1) is 17.1 Å². The number of hydrogen-bond donors (Lipinski definition) is 2. The molecule has 1 saturated heterocycles. The molecule has 5 aromatic rings. The van der Waals surface area contributed by atoms with E-state index in [0.717, 1.165) is 35.2 Å². The molecule has 3 heterocycles. The second kappa shape index (κ2) is 9.39. The Kier molecular flexibility index (Phi) is 5.76. The lowest BCUT2D eigenvalue weighted by molar-refractivity contribution is 0.202. The second-order valence-corrected chi connectivity index (χ2v) is 9.00. The number of amides is 2. The summed E-state index contributed by atoms with van der Waals surface area (Å²) in [4.78, 5) is 26.3. The average Bonchev–Trinajstić information content (AvgIpc) is 3.57. The fraction of sp³-hybridized carbons (Fsp3) is 0.138. The van der Waals surface area contributed by atoms with E-state index in [2.05, 4.69) is 9.97 Å². The predicted octanol–water partition coefficient (Wildman–Crippen LogP) is 6.44. The Balaban J connectivity index is 1.40. The molecule has 0 radical (unpaired) electrons. The van der Waals surface area contributed by atoms with Crippen molar-refractivity contribution in [1.29, 1.82) is 0 Å². The van der Waals surface area contributed by atoms with E-state index in [-0.39, 0.29) is 11.9 Å². The minimum atomic E-state index is -0.457. The van der Waals surface area contributed by atoms with E-state index in [9.17, 15) is 9.18 Å². The van der Waals surface area contributed by atoms with Crippen molar-refractivity contribution in [3.63, 3.8) is 0 Å². The minimum Gasteiger partial charge on any atom is -0.457 e.